The summed E-state index contributed by atoms with van der Waals surface area (Å²) in [6, 6.07) is 0. The molecule has 3 atom stereocenters. The minimum Gasteiger partial charge on any atom is -0.392 e. The molecule has 2 saturated carbocycles. The zero-order valence-electron chi connectivity index (χ0n) is 7.81. The molecule has 0 saturated heterocycles. The van der Waals surface area contributed by atoms with Crippen molar-refractivity contribution in [1.82, 2.24) is 0 Å². The average Bonchev–Trinajstić information content (AvgIpc) is 2.36. The van der Waals surface area contributed by atoms with Gasteiger partial charge in [0.2, 0.25) is 0 Å². The number of hydrogen-bond donors (Lipinski definition) is 1. The summed E-state index contributed by atoms with van der Waals surface area (Å²) in [5.41, 5.74) is 0.631. The predicted molar refractivity (Wildman–Crippen MR) is 58.4 cm³/mol. The summed E-state index contributed by atoms with van der Waals surface area (Å²) < 4.78 is 1.12. The van der Waals surface area contributed by atoms with Gasteiger partial charge in [-0.15, -0.1) is 0 Å². The summed E-state index contributed by atoms with van der Waals surface area (Å²) in [5.74, 6) is 0.780. The number of fused-ring (bicyclic) bond motifs is 2. The average molecular weight is 280 g/mol. The summed E-state index contributed by atoms with van der Waals surface area (Å²) in [7, 11) is 0. The molecular weight excluding hydrogens is 263 g/mol. The molecule has 0 spiro atoms. The van der Waals surface area contributed by atoms with Crippen molar-refractivity contribution in [2.75, 3.05) is 4.43 Å². The molecular formula is C10H17IO. The van der Waals surface area contributed by atoms with Crippen molar-refractivity contribution < 1.29 is 5.11 Å². The molecule has 2 aliphatic rings. The zero-order chi connectivity index (χ0) is 8.98. The lowest BCUT2D eigenvalue weighted by Crippen LogP contribution is -2.40. The highest BCUT2D eigenvalue weighted by Gasteiger charge is 2.62. The van der Waals surface area contributed by atoms with Crippen LogP contribution in [0.15, 0.2) is 0 Å². The van der Waals surface area contributed by atoms with Gasteiger partial charge >= 0.3 is 0 Å². The van der Waals surface area contributed by atoms with E-state index in [1.165, 1.54) is 12.8 Å². The summed E-state index contributed by atoms with van der Waals surface area (Å²) in [5, 5.41) is 10.0. The summed E-state index contributed by atoms with van der Waals surface area (Å²) in [6.45, 7) is 4.69. The third kappa shape index (κ3) is 0.834. The Hall–Kier alpha value is 0.690. The lowest BCUT2D eigenvalue weighted by molar-refractivity contribution is 0.0191. The highest BCUT2D eigenvalue weighted by atomic mass is 127. The summed E-state index contributed by atoms with van der Waals surface area (Å²) in [4.78, 5) is 0. The summed E-state index contributed by atoms with van der Waals surface area (Å²) >= 11 is 2.45. The minimum atomic E-state index is -0.0249. The van der Waals surface area contributed by atoms with E-state index in [2.05, 4.69) is 36.4 Å². The molecule has 0 aromatic heterocycles. The minimum absolute atomic E-state index is 0.0249. The second-order valence-corrected chi connectivity index (χ2v) is 5.76. The van der Waals surface area contributed by atoms with Crippen molar-refractivity contribution in [2.45, 2.75) is 39.2 Å². The SMILES string of the molecule is CC1(C)C2CC[C@@]1(CI)[C@H](O)C2. The highest BCUT2D eigenvalue weighted by molar-refractivity contribution is 14.1. The van der Waals surface area contributed by atoms with Crippen molar-refractivity contribution in [2.24, 2.45) is 16.7 Å². The van der Waals surface area contributed by atoms with Crippen molar-refractivity contribution in [3.8, 4) is 0 Å². The Morgan fingerprint density at radius 2 is 2.17 bits per heavy atom. The van der Waals surface area contributed by atoms with Crippen LogP contribution in [-0.4, -0.2) is 15.6 Å². The van der Waals surface area contributed by atoms with Gasteiger partial charge in [0.1, 0.15) is 0 Å². The molecule has 2 rings (SSSR count). The summed E-state index contributed by atoms with van der Waals surface area (Å²) in [6.07, 6.45) is 3.61. The van der Waals surface area contributed by atoms with Crippen LogP contribution in [0.2, 0.25) is 0 Å². The topological polar surface area (TPSA) is 20.2 Å². The Morgan fingerprint density at radius 3 is 2.42 bits per heavy atom. The number of halogens is 1. The highest BCUT2D eigenvalue weighted by Crippen LogP contribution is 2.66. The lowest BCUT2D eigenvalue weighted by Gasteiger charge is -2.39. The molecule has 2 aliphatic carbocycles. The van der Waals surface area contributed by atoms with Gasteiger partial charge in [0.05, 0.1) is 6.10 Å². The van der Waals surface area contributed by atoms with Crippen LogP contribution in [0, 0.1) is 16.7 Å². The van der Waals surface area contributed by atoms with Crippen molar-refractivity contribution in [1.29, 1.82) is 0 Å². The smallest absolute Gasteiger partial charge is 0.0611 e. The normalized spacial score (nSPS) is 50.0. The third-order valence-corrected chi connectivity index (χ3v) is 5.99. The molecule has 1 unspecified atom stereocenters. The van der Waals surface area contributed by atoms with Gasteiger partial charge in [-0.3, -0.25) is 0 Å². The zero-order valence-corrected chi connectivity index (χ0v) is 9.97. The van der Waals surface area contributed by atoms with E-state index in [1.807, 2.05) is 0 Å². The molecule has 0 radical (unpaired) electrons. The predicted octanol–water partition coefficient (Wildman–Crippen LogP) is 2.61. The fourth-order valence-corrected chi connectivity index (χ4v) is 5.23. The fourth-order valence-electron chi connectivity index (χ4n) is 3.35. The van der Waals surface area contributed by atoms with E-state index < -0.39 is 0 Å². The molecule has 0 amide bonds. The number of hydrogen-bond acceptors (Lipinski definition) is 1. The number of aliphatic hydroxyl groups is 1. The molecule has 0 aromatic carbocycles. The molecule has 0 heterocycles. The molecule has 12 heavy (non-hydrogen) atoms. The molecule has 0 aliphatic heterocycles. The van der Waals surface area contributed by atoms with Crippen LogP contribution in [0.3, 0.4) is 0 Å². The maximum atomic E-state index is 10.0. The van der Waals surface area contributed by atoms with Gasteiger partial charge in [0, 0.05) is 9.84 Å². The van der Waals surface area contributed by atoms with Crippen LogP contribution in [0.1, 0.15) is 33.1 Å². The van der Waals surface area contributed by atoms with Gasteiger partial charge in [-0.2, -0.15) is 0 Å². The molecule has 0 aromatic rings. The van der Waals surface area contributed by atoms with E-state index in [4.69, 9.17) is 0 Å². The Balaban J connectivity index is 2.39. The monoisotopic (exact) mass is 280 g/mol. The van der Waals surface area contributed by atoms with Crippen LogP contribution >= 0.6 is 22.6 Å². The van der Waals surface area contributed by atoms with Crippen molar-refractivity contribution in [3.63, 3.8) is 0 Å². The van der Waals surface area contributed by atoms with Gasteiger partial charge in [0.25, 0.3) is 0 Å². The van der Waals surface area contributed by atoms with Gasteiger partial charge in [-0.25, -0.2) is 0 Å². The molecule has 2 fully saturated rings. The van der Waals surface area contributed by atoms with Gasteiger partial charge in [-0.1, -0.05) is 36.4 Å². The Bertz CT molecular complexity index is 202. The van der Waals surface area contributed by atoms with E-state index in [0.717, 1.165) is 16.8 Å². The van der Waals surface area contributed by atoms with Gasteiger partial charge < -0.3 is 5.11 Å². The maximum Gasteiger partial charge on any atom is 0.0611 e. The van der Waals surface area contributed by atoms with E-state index in [9.17, 15) is 5.11 Å². The van der Waals surface area contributed by atoms with Crippen molar-refractivity contribution >= 4 is 22.6 Å². The van der Waals surface area contributed by atoms with Crippen molar-refractivity contribution in [3.05, 3.63) is 0 Å². The molecule has 2 bridgehead atoms. The van der Waals surface area contributed by atoms with Crippen LogP contribution < -0.4 is 0 Å². The van der Waals surface area contributed by atoms with Crippen LogP contribution in [0.4, 0.5) is 0 Å². The standard InChI is InChI=1S/C10H17IO/c1-9(2)7-3-4-10(9,6-11)8(12)5-7/h7-8,12H,3-6H2,1-2H3/t7?,8-,10-/m1/s1. The Morgan fingerprint density at radius 1 is 1.50 bits per heavy atom. The first-order chi connectivity index (χ1) is 5.54. The second-order valence-electron chi connectivity index (χ2n) is 5.00. The first-order valence-corrected chi connectivity index (χ1v) is 6.31. The fraction of sp³-hybridized carbons (Fsp3) is 1.00. The lowest BCUT2D eigenvalue weighted by atomic mass is 9.70. The second kappa shape index (κ2) is 2.59. The number of aliphatic hydroxyl groups excluding tert-OH is 1. The largest absolute Gasteiger partial charge is 0.392 e. The van der Waals surface area contributed by atoms with Crippen LogP contribution in [0.25, 0.3) is 0 Å². The van der Waals surface area contributed by atoms with E-state index in [0.29, 0.717) is 5.41 Å². The Labute approximate surface area is 88.1 Å². The number of rotatable bonds is 1. The van der Waals surface area contributed by atoms with E-state index in [-0.39, 0.29) is 11.5 Å². The first kappa shape index (κ1) is 9.25. The molecule has 70 valence electrons. The molecule has 2 heteroatoms. The third-order valence-electron chi connectivity index (χ3n) is 4.63. The van der Waals surface area contributed by atoms with Gasteiger partial charge in [0.15, 0.2) is 0 Å². The van der Waals surface area contributed by atoms with Crippen LogP contribution in [-0.2, 0) is 0 Å². The van der Waals surface area contributed by atoms with E-state index in [1.54, 1.807) is 0 Å². The van der Waals surface area contributed by atoms with Crippen LogP contribution in [0.5, 0.6) is 0 Å². The molecule has 1 N–H and O–H groups in total. The van der Waals surface area contributed by atoms with Gasteiger partial charge in [-0.05, 0) is 30.6 Å². The Kier molecular flexibility index (Phi) is 2.00. The maximum absolute atomic E-state index is 10.0. The molecule has 1 nitrogen and oxygen atoms in total. The van der Waals surface area contributed by atoms with E-state index >= 15 is 0 Å². The quantitative estimate of drug-likeness (QED) is 0.578. The number of alkyl halides is 1. The first-order valence-electron chi connectivity index (χ1n) is 4.78.